The van der Waals surface area contributed by atoms with Gasteiger partial charge in [-0.25, -0.2) is 9.18 Å². The van der Waals surface area contributed by atoms with Crippen molar-refractivity contribution >= 4 is 38.8 Å². The van der Waals surface area contributed by atoms with Crippen LogP contribution in [0, 0.1) is 5.82 Å². The number of H-pyrrole nitrogens is 1. The zero-order chi connectivity index (χ0) is 23.2. The van der Waals surface area contributed by atoms with Crippen LogP contribution in [0.2, 0.25) is 0 Å². The van der Waals surface area contributed by atoms with E-state index in [1.54, 1.807) is 18.3 Å². The lowest BCUT2D eigenvalue weighted by atomic mass is 10.0. The van der Waals surface area contributed by atoms with Crippen LogP contribution < -0.4 is 16.1 Å². The van der Waals surface area contributed by atoms with E-state index in [0.29, 0.717) is 15.6 Å². The van der Waals surface area contributed by atoms with Crippen LogP contribution >= 0.6 is 15.9 Å². The number of nitrogens with one attached hydrogen (secondary N) is 4. The highest BCUT2D eigenvalue weighted by Gasteiger charge is 2.25. The lowest BCUT2D eigenvalue weighted by molar-refractivity contribution is -0.123. The van der Waals surface area contributed by atoms with E-state index in [1.165, 1.54) is 12.1 Å². The van der Waals surface area contributed by atoms with E-state index in [0.717, 1.165) is 11.1 Å². The Morgan fingerprint density at radius 1 is 1.21 bits per heavy atom. The third kappa shape index (κ3) is 6.11. The summed E-state index contributed by atoms with van der Waals surface area (Å²) in [6, 6.07) is 12.6. The van der Waals surface area contributed by atoms with Gasteiger partial charge in [-0.05, 0) is 51.3 Å². The number of hydrogen-bond acceptors (Lipinski definition) is 5. The van der Waals surface area contributed by atoms with Gasteiger partial charge in [0, 0.05) is 23.5 Å². The van der Waals surface area contributed by atoms with Crippen LogP contribution in [0.15, 0.2) is 65.4 Å². The number of hydroxylamine groups is 1. The first-order chi connectivity index (χ1) is 16.0. The summed E-state index contributed by atoms with van der Waals surface area (Å²) >= 11 is 3.26. The van der Waals surface area contributed by atoms with Gasteiger partial charge in [-0.1, -0.05) is 30.3 Å². The first-order valence-electron chi connectivity index (χ1n) is 10.3. The van der Waals surface area contributed by atoms with E-state index in [2.05, 4.69) is 37.0 Å². The molecule has 0 aliphatic carbocycles. The zero-order valence-electron chi connectivity index (χ0n) is 17.4. The topological polar surface area (TPSA) is 104 Å². The molecular formula is C23H22BrFN4O4. The Kier molecular flexibility index (Phi) is 7.26. The second-order valence-corrected chi connectivity index (χ2v) is 8.34. The van der Waals surface area contributed by atoms with Gasteiger partial charge in [0.15, 0.2) is 0 Å². The van der Waals surface area contributed by atoms with Gasteiger partial charge < -0.3 is 20.4 Å². The van der Waals surface area contributed by atoms with Crippen molar-refractivity contribution < 1.29 is 23.6 Å². The van der Waals surface area contributed by atoms with Crippen molar-refractivity contribution in [2.75, 3.05) is 6.54 Å². The Hall–Kier alpha value is -3.37. The fraction of sp³-hybridized carbons (Fsp3) is 0.217. The van der Waals surface area contributed by atoms with Gasteiger partial charge in [0.05, 0.1) is 6.54 Å². The molecule has 0 saturated carbocycles. The maximum absolute atomic E-state index is 13.8. The minimum absolute atomic E-state index is 0.0692. The highest BCUT2D eigenvalue weighted by Crippen LogP contribution is 2.21. The number of aromatic nitrogens is 1. The second-order valence-electron chi connectivity index (χ2n) is 7.48. The summed E-state index contributed by atoms with van der Waals surface area (Å²) in [5.41, 5.74) is 4.89. The Morgan fingerprint density at radius 3 is 2.79 bits per heavy atom. The van der Waals surface area contributed by atoms with Gasteiger partial charge in [-0.2, -0.15) is 0 Å². The van der Waals surface area contributed by atoms with Crippen molar-refractivity contribution in [2.24, 2.45) is 0 Å². The molecule has 2 amide bonds. The molecule has 2 aromatic carbocycles. The number of aromatic amines is 1. The van der Waals surface area contributed by atoms with Gasteiger partial charge in [0.25, 0.3) is 0 Å². The number of hydrogen-bond donors (Lipinski definition) is 4. The maximum atomic E-state index is 13.8. The van der Waals surface area contributed by atoms with Gasteiger partial charge >= 0.3 is 6.09 Å². The summed E-state index contributed by atoms with van der Waals surface area (Å²) in [5.74, 6) is -0.805. The number of fused-ring (bicyclic) bond motifs is 1. The highest BCUT2D eigenvalue weighted by molar-refractivity contribution is 9.11. The average Bonchev–Trinajstić information content (AvgIpc) is 3.42. The molecule has 4 N–H and O–H groups in total. The third-order valence-corrected chi connectivity index (χ3v) is 5.52. The molecule has 0 saturated heterocycles. The molecule has 1 aromatic heterocycles. The summed E-state index contributed by atoms with van der Waals surface area (Å²) in [7, 11) is 0. The van der Waals surface area contributed by atoms with Crippen molar-refractivity contribution in [3.8, 4) is 0 Å². The van der Waals surface area contributed by atoms with Crippen molar-refractivity contribution in [1.82, 2.24) is 21.1 Å². The molecule has 8 nitrogen and oxygen atoms in total. The van der Waals surface area contributed by atoms with E-state index in [4.69, 9.17) is 9.57 Å². The van der Waals surface area contributed by atoms with Crippen LogP contribution in [0.3, 0.4) is 0 Å². The van der Waals surface area contributed by atoms with Crippen LogP contribution in [0.1, 0.15) is 11.1 Å². The summed E-state index contributed by atoms with van der Waals surface area (Å²) < 4.78 is 19.7. The number of alkyl carbamates (subject to hydrolysis) is 1. The molecule has 0 spiro atoms. The summed E-state index contributed by atoms with van der Waals surface area (Å²) in [6.07, 6.45) is 2.51. The Bertz CT molecular complexity index is 1170. The first-order valence-corrected chi connectivity index (χ1v) is 11.1. The maximum Gasteiger partial charge on any atom is 0.408 e. The Morgan fingerprint density at radius 2 is 2.03 bits per heavy atom. The fourth-order valence-electron chi connectivity index (χ4n) is 3.44. The molecule has 0 fully saturated rings. The molecule has 10 heteroatoms. The van der Waals surface area contributed by atoms with Gasteiger partial charge in [0.2, 0.25) is 5.91 Å². The quantitative estimate of drug-likeness (QED) is 0.343. The minimum atomic E-state index is -0.947. The molecule has 2 heterocycles. The number of ether oxygens (including phenoxy) is 1. The first kappa shape index (κ1) is 22.8. The van der Waals surface area contributed by atoms with Crippen molar-refractivity contribution in [3.63, 3.8) is 0 Å². The second kappa shape index (κ2) is 10.5. The summed E-state index contributed by atoms with van der Waals surface area (Å²) in [4.78, 5) is 33.7. The predicted octanol–water partition coefficient (Wildman–Crippen LogP) is 3.40. The third-order valence-electron chi connectivity index (χ3n) is 5.09. The molecule has 33 heavy (non-hydrogen) atoms. The van der Waals surface area contributed by atoms with Crippen LogP contribution in [0.4, 0.5) is 9.18 Å². The fourth-order valence-corrected chi connectivity index (χ4v) is 3.83. The molecule has 172 valence electrons. The van der Waals surface area contributed by atoms with E-state index in [-0.39, 0.29) is 31.5 Å². The predicted molar refractivity (Wildman–Crippen MR) is 124 cm³/mol. The molecule has 3 aromatic rings. The molecule has 2 atom stereocenters. The SMILES string of the molecule is O=C(NC(Cc1c[nH]c2ccc(F)cc12)C(=O)NCC1C=C(Br)NO1)OCc1ccccc1. The summed E-state index contributed by atoms with van der Waals surface area (Å²) in [5, 5.41) is 6.04. The number of benzene rings is 2. The lowest BCUT2D eigenvalue weighted by Crippen LogP contribution is -2.49. The number of amides is 2. The number of carbonyl (C=O) groups excluding carboxylic acids is 2. The summed E-state index contributed by atoms with van der Waals surface area (Å²) in [6.45, 7) is 0.264. The van der Waals surface area contributed by atoms with Crippen molar-refractivity contribution in [2.45, 2.75) is 25.2 Å². The largest absolute Gasteiger partial charge is 0.445 e. The Balaban J connectivity index is 1.45. The van der Waals surface area contributed by atoms with E-state index >= 15 is 0 Å². The van der Waals surface area contributed by atoms with Crippen LogP contribution in [0.5, 0.6) is 0 Å². The molecule has 4 rings (SSSR count). The van der Waals surface area contributed by atoms with E-state index < -0.39 is 18.0 Å². The zero-order valence-corrected chi connectivity index (χ0v) is 19.0. The molecule has 1 aliphatic rings. The molecule has 2 unspecified atom stereocenters. The van der Waals surface area contributed by atoms with Crippen LogP contribution in [0.25, 0.3) is 10.9 Å². The standard InChI is InChI=1S/C23H22BrFN4O4/c24-21-10-17(33-29-21)12-27-22(30)20(28-23(31)32-13-14-4-2-1-3-5-14)8-15-11-26-19-7-6-16(25)9-18(15)19/h1-7,9-11,17,20,26,29H,8,12-13H2,(H,27,30)(H,28,31). The lowest BCUT2D eigenvalue weighted by Gasteiger charge is -2.19. The normalized spacial score (nSPS) is 16.1. The average molecular weight is 517 g/mol. The molecule has 0 radical (unpaired) electrons. The minimum Gasteiger partial charge on any atom is -0.445 e. The molecule has 0 bridgehead atoms. The van der Waals surface area contributed by atoms with Gasteiger partial charge in [-0.3, -0.25) is 15.1 Å². The number of carbonyl (C=O) groups is 2. The van der Waals surface area contributed by atoms with Crippen molar-refractivity contribution in [1.29, 1.82) is 0 Å². The van der Waals surface area contributed by atoms with E-state index in [1.807, 2.05) is 30.3 Å². The van der Waals surface area contributed by atoms with Crippen LogP contribution in [-0.4, -0.2) is 35.7 Å². The number of halogens is 2. The van der Waals surface area contributed by atoms with Crippen molar-refractivity contribution in [3.05, 3.63) is 82.4 Å². The van der Waals surface area contributed by atoms with Gasteiger partial charge in [0.1, 0.15) is 29.2 Å². The highest BCUT2D eigenvalue weighted by atomic mass is 79.9. The smallest absolute Gasteiger partial charge is 0.408 e. The van der Waals surface area contributed by atoms with Crippen LogP contribution in [-0.2, 0) is 27.4 Å². The Labute approximate surface area is 197 Å². The molecule has 1 aliphatic heterocycles. The monoisotopic (exact) mass is 516 g/mol. The van der Waals surface area contributed by atoms with E-state index in [9.17, 15) is 14.0 Å². The number of rotatable bonds is 8. The van der Waals surface area contributed by atoms with Gasteiger partial charge in [-0.15, -0.1) is 0 Å². The molecular weight excluding hydrogens is 495 g/mol.